The van der Waals surface area contributed by atoms with Gasteiger partial charge in [-0.2, -0.15) is 5.26 Å². The zero-order valence-corrected chi connectivity index (χ0v) is 15.9. The maximum Gasteiger partial charge on any atom is 0.259 e. The van der Waals surface area contributed by atoms with E-state index in [0.717, 1.165) is 56.6 Å². The van der Waals surface area contributed by atoms with Gasteiger partial charge >= 0.3 is 0 Å². The molecule has 2 aromatic rings. The molecule has 0 bridgehead atoms. The quantitative estimate of drug-likeness (QED) is 0.721. The van der Waals surface area contributed by atoms with Gasteiger partial charge in [0.15, 0.2) is 0 Å². The van der Waals surface area contributed by atoms with E-state index in [1.807, 2.05) is 24.3 Å². The van der Waals surface area contributed by atoms with Gasteiger partial charge in [0, 0.05) is 37.4 Å². The molecule has 0 radical (unpaired) electrons. The summed E-state index contributed by atoms with van der Waals surface area (Å²) in [7, 11) is 0. The van der Waals surface area contributed by atoms with Gasteiger partial charge in [-0.05, 0) is 42.7 Å². The minimum Gasteiger partial charge on any atom is -0.369 e. The molecule has 1 saturated carbocycles. The number of hydrogen-bond donors (Lipinski definition) is 3. The van der Waals surface area contributed by atoms with Crippen molar-refractivity contribution in [2.75, 3.05) is 30.3 Å². The third-order valence-corrected chi connectivity index (χ3v) is 5.84. The minimum absolute atomic E-state index is 0.189. The summed E-state index contributed by atoms with van der Waals surface area (Å²) in [5.41, 5.74) is 1.93. The van der Waals surface area contributed by atoms with E-state index in [0.29, 0.717) is 17.3 Å². The van der Waals surface area contributed by atoms with Gasteiger partial charge in [0.05, 0.1) is 17.0 Å². The second-order valence-electron chi connectivity index (χ2n) is 7.74. The zero-order chi connectivity index (χ0) is 19.4. The molecule has 1 aromatic heterocycles. The Hall–Kier alpha value is -2.91. The van der Waals surface area contributed by atoms with E-state index >= 15 is 0 Å². The molecule has 2 heterocycles. The van der Waals surface area contributed by atoms with Crippen LogP contribution in [0.3, 0.4) is 0 Å². The van der Waals surface area contributed by atoms with Crippen LogP contribution < -0.4 is 16.0 Å². The van der Waals surface area contributed by atoms with Crippen molar-refractivity contribution in [3.63, 3.8) is 0 Å². The molecule has 1 saturated heterocycles. The van der Waals surface area contributed by atoms with Crippen LogP contribution in [0.1, 0.15) is 41.6 Å². The molecule has 3 N–H and O–H groups in total. The Labute approximate surface area is 165 Å². The molecule has 0 unspecified atom stereocenters. The van der Waals surface area contributed by atoms with E-state index < -0.39 is 0 Å². The molecule has 0 atom stereocenters. The Morgan fingerprint density at radius 2 is 1.96 bits per heavy atom. The summed E-state index contributed by atoms with van der Waals surface area (Å²) in [6.45, 7) is 2.80. The summed E-state index contributed by atoms with van der Waals surface area (Å²) in [4.78, 5) is 17.1. The molecule has 6 heteroatoms. The third kappa shape index (κ3) is 3.71. The van der Waals surface area contributed by atoms with Crippen LogP contribution >= 0.6 is 0 Å². The minimum atomic E-state index is -0.362. The van der Waals surface area contributed by atoms with Gasteiger partial charge in [0.1, 0.15) is 5.82 Å². The number of nitrogens with one attached hydrogen (secondary N) is 3. The van der Waals surface area contributed by atoms with Crippen molar-refractivity contribution in [3.8, 4) is 6.07 Å². The smallest absolute Gasteiger partial charge is 0.259 e. The second kappa shape index (κ2) is 7.99. The first kappa shape index (κ1) is 18.5. The number of pyridine rings is 1. The van der Waals surface area contributed by atoms with Crippen molar-refractivity contribution in [1.82, 2.24) is 10.3 Å². The molecule has 1 aromatic carbocycles. The lowest BCUT2D eigenvalue weighted by molar-refractivity contribution is 0.102. The molecular weight excluding hydrogens is 350 g/mol. The van der Waals surface area contributed by atoms with Gasteiger partial charge < -0.3 is 16.0 Å². The number of carbonyl (C=O) groups excluding carboxylic acids is 1. The summed E-state index contributed by atoms with van der Waals surface area (Å²) in [6.07, 6.45) is 5.71. The lowest BCUT2D eigenvalue weighted by Gasteiger charge is -2.27. The summed E-state index contributed by atoms with van der Waals surface area (Å²) < 4.78 is 0. The molecular formula is C22H25N5O. The first-order valence-electron chi connectivity index (χ1n) is 9.93. The molecule has 144 valence electrons. The molecule has 2 aliphatic rings. The number of nitriles is 1. The number of hydrogen-bond acceptors (Lipinski definition) is 5. The van der Waals surface area contributed by atoms with Gasteiger partial charge in [-0.1, -0.05) is 25.0 Å². The van der Waals surface area contributed by atoms with E-state index in [4.69, 9.17) is 0 Å². The average Bonchev–Trinajstić information content (AvgIpc) is 3.18. The Morgan fingerprint density at radius 1 is 1.21 bits per heavy atom. The predicted molar refractivity (Wildman–Crippen MR) is 109 cm³/mol. The maximum atomic E-state index is 12.8. The third-order valence-electron chi connectivity index (χ3n) is 5.84. The lowest BCUT2D eigenvalue weighted by atomic mass is 9.80. The van der Waals surface area contributed by atoms with Gasteiger partial charge in [0.25, 0.3) is 5.91 Å². The fourth-order valence-electron chi connectivity index (χ4n) is 3.98. The summed E-state index contributed by atoms with van der Waals surface area (Å²) in [5.74, 6) is 0.998. The maximum absolute atomic E-state index is 12.8. The monoisotopic (exact) mass is 375 g/mol. The van der Waals surface area contributed by atoms with Crippen LogP contribution in [-0.4, -0.2) is 30.5 Å². The van der Waals surface area contributed by atoms with Crippen molar-refractivity contribution in [2.45, 2.75) is 31.1 Å². The lowest BCUT2D eigenvalue weighted by Crippen LogP contribution is -2.45. The number of anilines is 2. The summed E-state index contributed by atoms with van der Waals surface area (Å²) >= 11 is 0. The SMILES string of the molecule is N#CC1(c2ccc(NC(=O)c3cccnc3NCC3CNC3)cc2)CCCC1. The van der Waals surface area contributed by atoms with Gasteiger partial charge in [-0.25, -0.2) is 4.98 Å². The van der Waals surface area contributed by atoms with E-state index in [9.17, 15) is 10.1 Å². The first-order chi connectivity index (χ1) is 13.7. The van der Waals surface area contributed by atoms with Crippen molar-refractivity contribution in [2.24, 2.45) is 5.92 Å². The van der Waals surface area contributed by atoms with Crippen LogP contribution in [0.5, 0.6) is 0 Å². The normalized spacial score (nSPS) is 18.1. The van der Waals surface area contributed by atoms with E-state index in [2.05, 4.69) is 27.0 Å². The van der Waals surface area contributed by atoms with Gasteiger partial charge in [-0.3, -0.25) is 4.79 Å². The van der Waals surface area contributed by atoms with E-state index in [1.54, 1.807) is 18.3 Å². The molecule has 1 aliphatic heterocycles. The predicted octanol–water partition coefficient (Wildman–Crippen LogP) is 3.30. The van der Waals surface area contributed by atoms with Crippen LogP contribution in [0.25, 0.3) is 0 Å². The molecule has 1 amide bonds. The number of amides is 1. The van der Waals surface area contributed by atoms with Crippen LogP contribution in [0.15, 0.2) is 42.6 Å². The van der Waals surface area contributed by atoms with E-state index in [-0.39, 0.29) is 11.3 Å². The highest BCUT2D eigenvalue weighted by Crippen LogP contribution is 2.40. The topological polar surface area (TPSA) is 89.8 Å². The number of carbonyl (C=O) groups is 1. The van der Waals surface area contributed by atoms with Crippen molar-refractivity contribution in [1.29, 1.82) is 5.26 Å². The first-order valence-corrected chi connectivity index (χ1v) is 9.93. The molecule has 28 heavy (non-hydrogen) atoms. The number of aromatic nitrogens is 1. The highest BCUT2D eigenvalue weighted by atomic mass is 16.1. The Kier molecular flexibility index (Phi) is 5.27. The number of nitrogens with zero attached hydrogens (tertiary/aromatic N) is 2. The molecule has 1 aliphatic carbocycles. The molecule has 6 nitrogen and oxygen atoms in total. The molecule has 0 spiro atoms. The highest BCUT2D eigenvalue weighted by molar-refractivity contribution is 6.07. The van der Waals surface area contributed by atoms with Crippen molar-refractivity contribution < 1.29 is 4.79 Å². The van der Waals surface area contributed by atoms with Crippen molar-refractivity contribution in [3.05, 3.63) is 53.7 Å². The average molecular weight is 375 g/mol. The highest BCUT2D eigenvalue weighted by Gasteiger charge is 2.35. The second-order valence-corrected chi connectivity index (χ2v) is 7.74. The van der Waals surface area contributed by atoms with Crippen LogP contribution in [-0.2, 0) is 5.41 Å². The molecule has 2 fully saturated rings. The zero-order valence-electron chi connectivity index (χ0n) is 15.9. The fourth-order valence-corrected chi connectivity index (χ4v) is 3.98. The Balaban J connectivity index is 1.44. The fraction of sp³-hybridized carbons (Fsp3) is 0.409. The standard InChI is InChI=1S/C22H25N5O/c23-15-22(9-1-2-10-22)17-5-7-18(8-6-17)27-21(28)19-4-3-11-25-20(19)26-14-16-12-24-13-16/h3-8,11,16,24H,1-2,9-10,12-14H2,(H,25,26)(H,27,28). The molecule has 4 rings (SSSR count). The summed E-state index contributed by atoms with van der Waals surface area (Å²) in [5, 5.41) is 19.1. The van der Waals surface area contributed by atoms with E-state index in [1.165, 1.54) is 0 Å². The van der Waals surface area contributed by atoms with Crippen LogP contribution in [0, 0.1) is 17.2 Å². The Morgan fingerprint density at radius 3 is 2.61 bits per heavy atom. The largest absolute Gasteiger partial charge is 0.369 e. The Bertz CT molecular complexity index is 877. The van der Waals surface area contributed by atoms with Gasteiger partial charge in [-0.15, -0.1) is 0 Å². The summed E-state index contributed by atoms with van der Waals surface area (Å²) in [6, 6.07) is 13.8. The van der Waals surface area contributed by atoms with Crippen LogP contribution in [0.2, 0.25) is 0 Å². The number of benzene rings is 1. The van der Waals surface area contributed by atoms with Crippen LogP contribution in [0.4, 0.5) is 11.5 Å². The van der Waals surface area contributed by atoms with Crippen molar-refractivity contribution >= 4 is 17.4 Å². The number of rotatable bonds is 6. The van der Waals surface area contributed by atoms with Gasteiger partial charge in [0.2, 0.25) is 0 Å².